The van der Waals surface area contributed by atoms with Crippen molar-refractivity contribution in [2.24, 2.45) is 0 Å². The summed E-state index contributed by atoms with van der Waals surface area (Å²) in [5.41, 5.74) is 4.82. The number of rotatable bonds is 4. The summed E-state index contributed by atoms with van der Waals surface area (Å²) < 4.78 is 16.8. The number of benzene rings is 1. The molecule has 1 amide bonds. The molecule has 37 heavy (non-hydrogen) atoms. The normalized spacial score (nSPS) is 19.5. The number of hydrogen-bond donors (Lipinski definition) is 0. The molecule has 2 fully saturated rings. The molecule has 7 rings (SSSR count). The molecule has 0 unspecified atom stereocenters. The van der Waals surface area contributed by atoms with Crippen LogP contribution in [0, 0.1) is 5.95 Å². The molecule has 0 radical (unpaired) electrons. The average molecular weight is 498 g/mol. The van der Waals surface area contributed by atoms with Gasteiger partial charge in [0, 0.05) is 37.3 Å². The van der Waals surface area contributed by atoms with Gasteiger partial charge in [-0.1, -0.05) is 24.3 Å². The third kappa shape index (κ3) is 3.84. The molecule has 1 saturated carbocycles. The van der Waals surface area contributed by atoms with E-state index in [4.69, 9.17) is 4.98 Å². The molecule has 8 nitrogen and oxygen atoms in total. The van der Waals surface area contributed by atoms with Crippen molar-refractivity contribution in [2.45, 2.75) is 51.0 Å². The molecule has 0 bridgehead atoms. The number of carbonyl (C=O) groups is 1. The van der Waals surface area contributed by atoms with E-state index in [2.05, 4.69) is 34.1 Å². The Morgan fingerprint density at radius 3 is 2.65 bits per heavy atom. The predicted octanol–water partition coefficient (Wildman–Crippen LogP) is 4.56. The van der Waals surface area contributed by atoms with Crippen molar-refractivity contribution < 1.29 is 9.18 Å². The zero-order valence-corrected chi connectivity index (χ0v) is 20.8. The molecule has 0 N–H and O–H groups in total. The smallest absolute Gasteiger partial charge is 0.273 e. The number of carbonyl (C=O) groups excluding carboxylic acids is 1. The summed E-state index contributed by atoms with van der Waals surface area (Å²) in [5, 5.41) is 4.66. The van der Waals surface area contributed by atoms with Crippen LogP contribution in [-0.2, 0) is 6.42 Å². The summed E-state index contributed by atoms with van der Waals surface area (Å²) in [7, 11) is 0. The van der Waals surface area contributed by atoms with E-state index in [0.29, 0.717) is 35.3 Å². The summed E-state index contributed by atoms with van der Waals surface area (Å²) in [4.78, 5) is 30.9. The van der Waals surface area contributed by atoms with Crippen molar-refractivity contribution in [1.82, 2.24) is 29.5 Å². The number of aromatic nitrogens is 5. The van der Waals surface area contributed by atoms with Crippen molar-refractivity contribution in [3.8, 4) is 11.4 Å². The van der Waals surface area contributed by atoms with Gasteiger partial charge in [-0.2, -0.15) is 14.5 Å². The van der Waals surface area contributed by atoms with Gasteiger partial charge in [0.25, 0.3) is 5.91 Å². The summed E-state index contributed by atoms with van der Waals surface area (Å²) in [6, 6.07) is 11.8. The van der Waals surface area contributed by atoms with Crippen molar-refractivity contribution >= 4 is 17.4 Å². The first-order valence-corrected chi connectivity index (χ1v) is 13.1. The maximum atomic E-state index is 15.1. The lowest BCUT2D eigenvalue weighted by Crippen LogP contribution is -2.39. The van der Waals surface area contributed by atoms with Gasteiger partial charge in [-0.05, 0) is 56.2 Å². The third-order valence-electron chi connectivity index (χ3n) is 7.91. The van der Waals surface area contributed by atoms with Gasteiger partial charge in [0.15, 0.2) is 5.65 Å². The molecule has 1 atom stereocenters. The Morgan fingerprint density at radius 1 is 1.05 bits per heavy atom. The Labute approximate surface area is 214 Å². The van der Waals surface area contributed by atoms with E-state index in [9.17, 15) is 4.79 Å². The van der Waals surface area contributed by atoms with Gasteiger partial charge in [-0.3, -0.25) is 4.79 Å². The third-order valence-corrected chi connectivity index (χ3v) is 7.91. The molecule has 5 heterocycles. The zero-order valence-electron chi connectivity index (χ0n) is 20.8. The van der Waals surface area contributed by atoms with Crippen molar-refractivity contribution in [3.05, 3.63) is 71.1 Å². The van der Waals surface area contributed by atoms with Gasteiger partial charge in [0.2, 0.25) is 5.95 Å². The number of fused-ring (bicyclic) bond motifs is 2. The summed E-state index contributed by atoms with van der Waals surface area (Å²) in [5.74, 6) is 0.148. The first kappa shape index (κ1) is 22.3. The van der Waals surface area contributed by atoms with E-state index in [1.165, 1.54) is 11.1 Å². The highest BCUT2D eigenvalue weighted by atomic mass is 19.1. The van der Waals surface area contributed by atoms with E-state index in [0.717, 1.165) is 50.9 Å². The molecule has 4 aromatic rings. The molecular weight excluding hydrogens is 469 g/mol. The minimum atomic E-state index is -0.641. The fourth-order valence-corrected chi connectivity index (χ4v) is 5.72. The monoisotopic (exact) mass is 497 g/mol. The second-order valence-corrected chi connectivity index (χ2v) is 10.3. The second-order valence-electron chi connectivity index (χ2n) is 10.3. The number of halogens is 1. The van der Waals surface area contributed by atoms with Crippen molar-refractivity contribution in [3.63, 3.8) is 0 Å². The van der Waals surface area contributed by atoms with Gasteiger partial charge in [0.1, 0.15) is 22.9 Å². The number of hydrogen-bond acceptors (Lipinski definition) is 6. The Kier molecular flexibility index (Phi) is 5.19. The van der Waals surface area contributed by atoms with Gasteiger partial charge in [0.05, 0.1) is 12.2 Å². The van der Waals surface area contributed by atoms with E-state index in [1.807, 2.05) is 28.0 Å². The first-order chi connectivity index (χ1) is 18.1. The molecule has 2 aliphatic heterocycles. The zero-order chi connectivity index (χ0) is 25.1. The topological polar surface area (TPSA) is 79.5 Å². The average Bonchev–Trinajstić information content (AvgIpc) is 3.43. The lowest BCUT2D eigenvalue weighted by molar-refractivity contribution is 0.0671. The van der Waals surface area contributed by atoms with E-state index < -0.39 is 5.95 Å². The predicted molar refractivity (Wildman–Crippen MR) is 137 cm³/mol. The largest absolute Gasteiger partial charge is 0.355 e. The number of nitrogens with zero attached hydrogens (tertiary/aromatic N) is 7. The minimum absolute atomic E-state index is 0.0289. The van der Waals surface area contributed by atoms with Gasteiger partial charge < -0.3 is 9.80 Å². The van der Waals surface area contributed by atoms with Crippen LogP contribution in [-0.4, -0.2) is 55.0 Å². The van der Waals surface area contributed by atoms with Crippen molar-refractivity contribution in [1.29, 1.82) is 0 Å². The van der Waals surface area contributed by atoms with Crippen LogP contribution in [0.15, 0.2) is 42.6 Å². The number of anilines is 1. The van der Waals surface area contributed by atoms with Gasteiger partial charge in [-0.25, -0.2) is 14.5 Å². The van der Waals surface area contributed by atoms with Crippen LogP contribution in [0.4, 0.5) is 10.2 Å². The Morgan fingerprint density at radius 2 is 1.86 bits per heavy atom. The molecule has 1 aliphatic carbocycles. The Bertz CT molecular complexity index is 1520. The maximum Gasteiger partial charge on any atom is 0.273 e. The second kappa shape index (κ2) is 8.61. The summed E-state index contributed by atoms with van der Waals surface area (Å²) >= 11 is 0. The fourth-order valence-electron chi connectivity index (χ4n) is 5.72. The molecule has 0 spiro atoms. The van der Waals surface area contributed by atoms with Crippen LogP contribution in [0.25, 0.3) is 17.0 Å². The van der Waals surface area contributed by atoms with E-state index in [-0.39, 0.29) is 17.6 Å². The van der Waals surface area contributed by atoms with Gasteiger partial charge >= 0.3 is 0 Å². The first-order valence-electron chi connectivity index (χ1n) is 13.1. The van der Waals surface area contributed by atoms with E-state index in [1.54, 1.807) is 16.8 Å². The SMILES string of the molecule is C[C@@H]1c2ccccc2CCN1C(=O)c1cc(C2CC2)n2nc(-c3ncc(N4CCCC4)nc3F)cc2n1. The Hall–Kier alpha value is -3.88. The molecule has 3 aromatic heterocycles. The van der Waals surface area contributed by atoms with E-state index >= 15 is 4.39 Å². The van der Waals surface area contributed by atoms with Crippen LogP contribution >= 0.6 is 0 Å². The summed E-state index contributed by atoms with van der Waals surface area (Å²) in [6.45, 7) is 4.46. The van der Waals surface area contributed by atoms with Crippen LogP contribution in [0.3, 0.4) is 0 Å². The fraction of sp³-hybridized carbons (Fsp3) is 0.393. The summed E-state index contributed by atoms with van der Waals surface area (Å²) in [6.07, 6.45) is 6.68. The van der Waals surface area contributed by atoms with Crippen LogP contribution in [0.1, 0.15) is 71.9 Å². The Balaban J connectivity index is 1.25. The molecule has 1 aromatic carbocycles. The molecule has 1 saturated heterocycles. The minimum Gasteiger partial charge on any atom is -0.355 e. The lowest BCUT2D eigenvalue weighted by atomic mass is 9.93. The standard InChI is InChI=1S/C28H28FN7O/c1-17-20-7-3-2-6-18(20)10-13-35(17)28(37)22-14-23(19-8-9-19)36-24(31-22)15-21(33-36)26-27(29)32-25(16-30-26)34-11-4-5-12-34/h2-3,6-7,14-17,19H,4-5,8-13H2,1H3/t17-/m1/s1. The lowest BCUT2D eigenvalue weighted by Gasteiger charge is -2.35. The highest BCUT2D eigenvalue weighted by Crippen LogP contribution is 2.41. The van der Waals surface area contributed by atoms with Gasteiger partial charge in [-0.15, -0.1) is 0 Å². The van der Waals surface area contributed by atoms with Crippen LogP contribution in [0.2, 0.25) is 0 Å². The number of amides is 1. The molecule has 9 heteroatoms. The highest BCUT2D eigenvalue weighted by Gasteiger charge is 2.32. The quantitative estimate of drug-likeness (QED) is 0.411. The van der Waals surface area contributed by atoms with Crippen LogP contribution < -0.4 is 4.90 Å². The molecule has 3 aliphatic rings. The van der Waals surface area contributed by atoms with Crippen LogP contribution in [0.5, 0.6) is 0 Å². The highest BCUT2D eigenvalue weighted by molar-refractivity contribution is 5.93. The maximum absolute atomic E-state index is 15.1. The van der Waals surface area contributed by atoms with Crippen molar-refractivity contribution in [2.75, 3.05) is 24.5 Å². The molecule has 188 valence electrons. The molecular formula is C28H28FN7O.